The summed E-state index contributed by atoms with van der Waals surface area (Å²) < 4.78 is 0. The Labute approximate surface area is 172 Å². The highest BCUT2D eigenvalue weighted by Gasteiger charge is 2.59. The van der Waals surface area contributed by atoms with E-state index in [2.05, 4.69) is 47.5 Å². The van der Waals surface area contributed by atoms with E-state index in [1.807, 2.05) is 30.3 Å². The Morgan fingerprint density at radius 3 is 2.17 bits per heavy atom. The number of benzene rings is 2. The molecule has 0 spiro atoms. The highest BCUT2D eigenvalue weighted by molar-refractivity contribution is 5.87. The molecule has 1 aliphatic heterocycles. The lowest BCUT2D eigenvalue weighted by Gasteiger charge is -2.40. The molecular formula is C25H30N2O2. The SMILES string of the molecule is CC(c1ccccc1)N1CC2C(NC(=O)C(O)(c3ccccc3)C3CCC3)[C@H]2C1. The third-order valence-electron chi connectivity index (χ3n) is 7.61. The van der Waals surface area contributed by atoms with E-state index in [4.69, 9.17) is 0 Å². The van der Waals surface area contributed by atoms with Gasteiger partial charge in [-0.1, -0.05) is 67.1 Å². The number of nitrogens with zero attached hydrogens (tertiary/aromatic N) is 1. The van der Waals surface area contributed by atoms with E-state index in [0.717, 1.165) is 37.9 Å². The molecule has 3 fully saturated rings. The van der Waals surface area contributed by atoms with Crippen LogP contribution in [0.2, 0.25) is 0 Å². The van der Waals surface area contributed by atoms with E-state index in [9.17, 15) is 9.90 Å². The smallest absolute Gasteiger partial charge is 0.257 e. The first-order valence-corrected chi connectivity index (χ1v) is 11.0. The summed E-state index contributed by atoms with van der Waals surface area (Å²) in [6, 6.07) is 20.7. The van der Waals surface area contributed by atoms with Crippen molar-refractivity contribution in [3.63, 3.8) is 0 Å². The van der Waals surface area contributed by atoms with Gasteiger partial charge in [-0.3, -0.25) is 9.69 Å². The van der Waals surface area contributed by atoms with Crippen molar-refractivity contribution in [1.29, 1.82) is 0 Å². The Balaban J connectivity index is 1.24. The van der Waals surface area contributed by atoms with Gasteiger partial charge in [0.25, 0.3) is 5.91 Å². The second-order valence-electron chi connectivity index (χ2n) is 9.13. The van der Waals surface area contributed by atoms with E-state index < -0.39 is 5.60 Å². The molecular weight excluding hydrogens is 360 g/mol. The van der Waals surface area contributed by atoms with Crippen molar-refractivity contribution in [2.75, 3.05) is 13.1 Å². The van der Waals surface area contributed by atoms with Crippen molar-refractivity contribution in [1.82, 2.24) is 10.2 Å². The molecule has 0 radical (unpaired) electrons. The number of fused-ring (bicyclic) bond motifs is 1. The van der Waals surface area contributed by atoms with Crippen LogP contribution in [0.4, 0.5) is 0 Å². The number of carbonyl (C=O) groups is 1. The number of piperidine rings is 1. The van der Waals surface area contributed by atoms with Gasteiger partial charge >= 0.3 is 0 Å². The molecule has 4 unspecified atom stereocenters. The average molecular weight is 391 g/mol. The van der Waals surface area contributed by atoms with E-state index >= 15 is 0 Å². The summed E-state index contributed by atoms with van der Waals surface area (Å²) in [5.74, 6) is 0.839. The topological polar surface area (TPSA) is 52.6 Å². The summed E-state index contributed by atoms with van der Waals surface area (Å²) in [7, 11) is 0. The summed E-state index contributed by atoms with van der Waals surface area (Å²) in [4.78, 5) is 15.8. The third-order valence-corrected chi connectivity index (χ3v) is 7.61. The van der Waals surface area contributed by atoms with Gasteiger partial charge in [-0.2, -0.15) is 0 Å². The molecule has 5 atom stereocenters. The maximum atomic E-state index is 13.2. The van der Waals surface area contributed by atoms with Gasteiger partial charge in [-0.25, -0.2) is 0 Å². The molecule has 4 nitrogen and oxygen atoms in total. The van der Waals surface area contributed by atoms with Crippen LogP contribution in [-0.4, -0.2) is 35.0 Å². The molecule has 2 N–H and O–H groups in total. The molecule has 2 aromatic rings. The molecule has 152 valence electrons. The third kappa shape index (κ3) is 3.19. The minimum absolute atomic E-state index is 0.0260. The van der Waals surface area contributed by atoms with Crippen molar-refractivity contribution >= 4 is 5.91 Å². The van der Waals surface area contributed by atoms with Crippen LogP contribution in [-0.2, 0) is 10.4 Å². The zero-order valence-electron chi connectivity index (χ0n) is 17.0. The monoisotopic (exact) mass is 390 g/mol. The van der Waals surface area contributed by atoms with Gasteiger partial charge < -0.3 is 10.4 Å². The predicted molar refractivity (Wildman–Crippen MR) is 113 cm³/mol. The molecule has 5 rings (SSSR count). The van der Waals surface area contributed by atoms with Crippen molar-refractivity contribution < 1.29 is 9.90 Å². The van der Waals surface area contributed by atoms with Crippen LogP contribution >= 0.6 is 0 Å². The standard InChI is InChI=1S/C25H30N2O2/c1-17(18-9-4-2-5-10-18)27-15-21-22(16-27)23(21)26-24(28)25(29,20-13-8-14-20)19-11-6-3-7-12-19/h2-7,9-12,17,20-23,29H,8,13-16H2,1H3,(H,26,28)/t17?,21-,22?,23?,25?/m0/s1. The van der Waals surface area contributed by atoms with Crippen LogP contribution in [0.5, 0.6) is 0 Å². The van der Waals surface area contributed by atoms with Gasteiger partial charge in [0.2, 0.25) is 0 Å². The molecule has 0 bridgehead atoms. The molecule has 2 aromatic carbocycles. The Bertz CT molecular complexity index is 855. The normalized spacial score (nSPS) is 29.4. The largest absolute Gasteiger partial charge is 0.375 e. The molecule has 29 heavy (non-hydrogen) atoms. The van der Waals surface area contributed by atoms with E-state index in [-0.39, 0.29) is 17.9 Å². The van der Waals surface area contributed by atoms with Gasteiger partial charge in [-0.05, 0) is 42.7 Å². The van der Waals surface area contributed by atoms with Gasteiger partial charge in [-0.15, -0.1) is 0 Å². The molecule has 2 saturated carbocycles. The molecule has 1 amide bonds. The Morgan fingerprint density at radius 2 is 1.62 bits per heavy atom. The number of aliphatic hydroxyl groups is 1. The number of rotatable bonds is 6. The van der Waals surface area contributed by atoms with Gasteiger partial charge in [0.15, 0.2) is 5.60 Å². The van der Waals surface area contributed by atoms with Crippen LogP contribution in [0.1, 0.15) is 43.4 Å². The molecule has 2 aliphatic carbocycles. The lowest BCUT2D eigenvalue weighted by atomic mass is 9.69. The van der Waals surface area contributed by atoms with Crippen molar-refractivity contribution in [3.05, 3.63) is 71.8 Å². The van der Waals surface area contributed by atoms with E-state index in [0.29, 0.717) is 17.9 Å². The summed E-state index contributed by atoms with van der Waals surface area (Å²) in [6.45, 7) is 4.29. The quantitative estimate of drug-likeness (QED) is 0.794. The first-order valence-electron chi connectivity index (χ1n) is 11.0. The zero-order valence-corrected chi connectivity index (χ0v) is 17.0. The number of likely N-dealkylation sites (tertiary alicyclic amines) is 1. The maximum absolute atomic E-state index is 13.2. The van der Waals surface area contributed by atoms with Crippen LogP contribution in [0, 0.1) is 17.8 Å². The van der Waals surface area contributed by atoms with Gasteiger partial charge in [0, 0.05) is 31.1 Å². The summed E-state index contributed by atoms with van der Waals surface area (Å²) in [5, 5.41) is 14.7. The lowest BCUT2D eigenvalue weighted by Crippen LogP contribution is -2.53. The molecule has 1 saturated heterocycles. The second-order valence-corrected chi connectivity index (χ2v) is 9.13. The first-order chi connectivity index (χ1) is 14.1. The van der Waals surface area contributed by atoms with Gasteiger partial charge in [0.05, 0.1) is 0 Å². The van der Waals surface area contributed by atoms with Crippen LogP contribution in [0.3, 0.4) is 0 Å². The number of hydrogen-bond donors (Lipinski definition) is 2. The fraction of sp³-hybridized carbons (Fsp3) is 0.480. The number of hydrogen-bond acceptors (Lipinski definition) is 3. The highest BCUT2D eigenvalue weighted by Crippen LogP contribution is 2.49. The Kier molecular flexibility index (Phi) is 4.72. The lowest BCUT2D eigenvalue weighted by molar-refractivity contribution is -0.152. The second kappa shape index (κ2) is 7.26. The van der Waals surface area contributed by atoms with Crippen molar-refractivity contribution in [2.24, 2.45) is 17.8 Å². The van der Waals surface area contributed by atoms with E-state index in [1.54, 1.807) is 0 Å². The molecule has 3 aliphatic rings. The maximum Gasteiger partial charge on any atom is 0.257 e. The zero-order chi connectivity index (χ0) is 20.0. The van der Waals surface area contributed by atoms with Crippen LogP contribution in [0.15, 0.2) is 60.7 Å². The van der Waals surface area contributed by atoms with Gasteiger partial charge in [0.1, 0.15) is 0 Å². The van der Waals surface area contributed by atoms with E-state index in [1.165, 1.54) is 5.56 Å². The first kappa shape index (κ1) is 18.8. The Hall–Kier alpha value is -2.17. The fourth-order valence-corrected chi connectivity index (χ4v) is 5.36. The summed E-state index contributed by atoms with van der Waals surface area (Å²) in [5.41, 5.74) is 0.679. The fourth-order valence-electron chi connectivity index (χ4n) is 5.36. The molecule has 1 heterocycles. The number of carbonyl (C=O) groups excluding carboxylic acids is 1. The average Bonchev–Trinajstić information content (AvgIpc) is 3.15. The number of amides is 1. The molecule has 0 aromatic heterocycles. The minimum Gasteiger partial charge on any atom is -0.375 e. The van der Waals surface area contributed by atoms with Crippen LogP contribution < -0.4 is 5.32 Å². The van der Waals surface area contributed by atoms with Crippen LogP contribution in [0.25, 0.3) is 0 Å². The number of nitrogens with one attached hydrogen (secondary N) is 1. The highest BCUT2D eigenvalue weighted by atomic mass is 16.3. The van der Waals surface area contributed by atoms with Crippen molar-refractivity contribution in [3.8, 4) is 0 Å². The van der Waals surface area contributed by atoms with Crippen molar-refractivity contribution in [2.45, 2.75) is 43.9 Å². The Morgan fingerprint density at radius 1 is 1.03 bits per heavy atom. The summed E-state index contributed by atoms with van der Waals surface area (Å²) in [6.07, 6.45) is 2.92. The minimum atomic E-state index is -1.40. The summed E-state index contributed by atoms with van der Waals surface area (Å²) >= 11 is 0. The predicted octanol–water partition coefficient (Wildman–Crippen LogP) is 3.48. The molecule has 4 heteroatoms.